The van der Waals surface area contributed by atoms with Crippen LogP contribution in [0.15, 0.2) is 18.2 Å². The van der Waals surface area contributed by atoms with Crippen molar-refractivity contribution in [2.24, 2.45) is 5.92 Å². The van der Waals surface area contributed by atoms with Crippen LogP contribution in [0.2, 0.25) is 0 Å². The van der Waals surface area contributed by atoms with Gasteiger partial charge in [0.25, 0.3) is 5.88 Å². The summed E-state index contributed by atoms with van der Waals surface area (Å²) in [5.74, 6) is 1.36. The van der Waals surface area contributed by atoms with Gasteiger partial charge in [0, 0.05) is 13.1 Å². The normalized spacial score (nSPS) is 21.4. The summed E-state index contributed by atoms with van der Waals surface area (Å²) in [6.45, 7) is 6.88. The molecule has 1 aromatic heterocycles. The molecule has 0 bridgehead atoms. The average Bonchev–Trinajstić information content (AvgIpc) is 2.95. The molecule has 1 aliphatic carbocycles. The number of nitrogens with zero attached hydrogens (tertiary/aromatic N) is 3. The Bertz CT molecular complexity index is 527. The molecule has 21 heavy (non-hydrogen) atoms. The van der Waals surface area contributed by atoms with Crippen LogP contribution in [0.3, 0.4) is 0 Å². The zero-order valence-corrected chi connectivity index (χ0v) is 13.5. The summed E-state index contributed by atoms with van der Waals surface area (Å²) in [5, 5.41) is 0. The van der Waals surface area contributed by atoms with Gasteiger partial charge in [-0.25, -0.2) is 0 Å². The molecule has 0 radical (unpaired) electrons. The van der Waals surface area contributed by atoms with Crippen LogP contribution >= 0.6 is 11.7 Å². The molecule has 0 N–H and O–H groups in total. The maximum atomic E-state index is 5.99. The molecular weight excluding hydrogens is 282 g/mol. The van der Waals surface area contributed by atoms with Gasteiger partial charge in [-0.2, -0.15) is 4.37 Å². The Kier molecular flexibility index (Phi) is 4.70. The third-order valence-electron chi connectivity index (χ3n) is 4.37. The van der Waals surface area contributed by atoms with Gasteiger partial charge in [-0.1, -0.05) is 18.2 Å². The highest BCUT2D eigenvalue weighted by atomic mass is 32.1. The Balaban J connectivity index is 1.60. The topological polar surface area (TPSA) is 38.3 Å². The molecule has 5 heteroatoms. The predicted molar refractivity (Wildman–Crippen MR) is 86.6 cm³/mol. The number of likely N-dealkylation sites (N-methyl/N-ethyl adjacent to an activating group) is 1. The highest BCUT2D eigenvalue weighted by Crippen LogP contribution is 2.30. The van der Waals surface area contributed by atoms with Gasteiger partial charge >= 0.3 is 0 Å². The summed E-state index contributed by atoms with van der Waals surface area (Å²) in [5.41, 5.74) is 3.59. The van der Waals surface area contributed by atoms with E-state index >= 15 is 0 Å². The lowest BCUT2D eigenvalue weighted by Gasteiger charge is -2.24. The van der Waals surface area contributed by atoms with E-state index in [9.17, 15) is 0 Å². The SMILES string of the molecule is C=C1CCC(COc2nsnc2C2=CCCN(C)C2)CC1. The largest absolute Gasteiger partial charge is 0.475 e. The quantitative estimate of drug-likeness (QED) is 0.799. The number of ether oxygens (including phenoxy) is 1. The van der Waals surface area contributed by atoms with Crippen LogP contribution in [0.4, 0.5) is 0 Å². The molecule has 0 saturated heterocycles. The van der Waals surface area contributed by atoms with Crippen molar-refractivity contribution in [3.63, 3.8) is 0 Å². The molecule has 0 unspecified atom stereocenters. The molecule has 1 aromatic rings. The van der Waals surface area contributed by atoms with Crippen molar-refractivity contribution in [2.45, 2.75) is 32.1 Å². The van der Waals surface area contributed by atoms with Crippen LogP contribution in [0.1, 0.15) is 37.8 Å². The Morgan fingerprint density at radius 1 is 1.38 bits per heavy atom. The minimum Gasteiger partial charge on any atom is -0.475 e. The first kappa shape index (κ1) is 14.7. The zero-order valence-electron chi connectivity index (χ0n) is 12.7. The van der Waals surface area contributed by atoms with E-state index < -0.39 is 0 Å². The van der Waals surface area contributed by atoms with Crippen LogP contribution in [-0.2, 0) is 0 Å². The zero-order chi connectivity index (χ0) is 14.7. The highest BCUT2D eigenvalue weighted by molar-refractivity contribution is 6.99. The second kappa shape index (κ2) is 6.71. The molecule has 4 nitrogen and oxygen atoms in total. The van der Waals surface area contributed by atoms with E-state index in [4.69, 9.17) is 4.74 Å². The van der Waals surface area contributed by atoms with Crippen LogP contribution in [0.5, 0.6) is 5.88 Å². The minimum atomic E-state index is 0.632. The molecule has 1 aliphatic heterocycles. The van der Waals surface area contributed by atoms with Crippen LogP contribution in [0.25, 0.3) is 5.57 Å². The van der Waals surface area contributed by atoms with Crippen molar-refractivity contribution >= 4 is 17.3 Å². The van der Waals surface area contributed by atoms with E-state index in [0.717, 1.165) is 50.5 Å². The van der Waals surface area contributed by atoms with E-state index in [1.165, 1.54) is 35.7 Å². The van der Waals surface area contributed by atoms with Gasteiger partial charge in [-0.05, 0) is 50.6 Å². The van der Waals surface area contributed by atoms with Gasteiger partial charge in [0.15, 0.2) is 0 Å². The summed E-state index contributed by atoms with van der Waals surface area (Å²) in [7, 11) is 2.14. The fraction of sp³-hybridized carbons (Fsp3) is 0.625. The maximum Gasteiger partial charge on any atom is 0.253 e. The van der Waals surface area contributed by atoms with Crippen LogP contribution < -0.4 is 4.74 Å². The Hall–Kier alpha value is -1.20. The molecule has 114 valence electrons. The smallest absolute Gasteiger partial charge is 0.253 e. The molecule has 1 saturated carbocycles. The van der Waals surface area contributed by atoms with Gasteiger partial charge < -0.3 is 9.64 Å². The lowest BCUT2D eigenvalue weighted by molar-refractivity contribution is 0.216. The van der Waals surface area contributed by atoms with Crippen molar-refractivity contribution in [1.82, 2.24) is 13.6 Å². The molecule has 0 aromatic carbocycles. The molecule has 3 rings (SSSR count). The fourth-order valence-electron chi connectivity index (χ4n) is 2.99. The van der Waals surface area contributed by atoms with Crippen molar-refractivity contribution in [2.75, 3.05) is 26.7 Å². The summed E-state index contributed by atoms with van der Waals surface area (Å²) in [6.07, 6.45) is 8.02. The summed E-state index contributed by atoms with van der Waals surface area (Å²) in [6, 6.07) is 0. The lowest BCUT2D eigenvalue weighted by Crippen LogP contribution is -2.25. The third kappa shape index (κ3) is 3.71. The molecular formula is C16H23N3OS. The molecule has 1 fully saturated rings. The number of hydrogen-bond donors (Lipinski definition) is 0. The second-order valence-corrected chi connectivity index (χ2v) is 6.71. The molecule has 0 amide bonds. The monoisotopic (exact) mass is 305 g/mol. The summed E-state index contributed by atoms with van der Waals surface area (Å²) >= 11 is 1.25. The van der Waals surface area contributed by atoms with Gasteiger partial charge in [0.05, 0.1) is 18.3 Å². The first-order valence-corrected chi connectivity index (χ1v) is 8.45. The summed E-state index contributed by atoms with van der Waals surface area (Å²) in [4.78, 5) is 2.31. The predicted octanol–water partition coefficient (Wildman–Crippen LogP) is 3.38. The number of hydrogen-bond acceptors (Lipinski definition) is 5. The highest BCUT2D eigenvalue weighted by Gasteiger charge is 2.21. The van der Waals surface area contributed by atoms with E-state index in [-0.39, 0.29) is 0 Å². The Labute approximate surface area is 130 Å². The van der Waals surface area contributed by atoms with Crippen molar-refractivity contribution in [3.8, 4) is 5.88 Å². The third-order valence-corrected chi connectivity index (χ3v) is 4.88. The van der Waals surface area contributed by atoms with Gasteiger partial charge in [-0.15, -0.1) is 4.37 Å². The molecule has 0 spiro atoms. The standard InChI is InChI=1S/C16H23N3OS/c1-12-5-7-13(8-6-12)11-20-16-15(17-21-18-16)14-4-3-9-19(2)10-14/h4,13H,1,3,5-11H2,2H3. The van der Waals surface area contributed by atoms with Gasteiger partial charge in [0.1, 0.15) is 5.69 Å². The van der Waals surface area contributed by atoms with E-state index in [0.29, 0.717) is 5.92 Å². The van der Waals surface area contributed by atoms with Crippen LogP contribution in [-0.4, -0.2) is 40.4 Å². The molecule has 2 heterocycles. The van der Waals surface area contributed by atoms with E-state index in [1.807, 2.05) is 0 Å². The van der Waals surface area contributed by atoms with Crippen molar-refractivity contribution in [3.05, 3.63) is 23.9 Å². The number of rotatable bonds is 4. The van der Waals surface area contributed by atoms with E-state index in [1.54, 1.807) is 0 Å². The maximum absolute atomic E-state index is 5.99. The van der Waals surface area contributed by atoms with Crippen LogP contribution in [0, 0.1) is 5.92 Å². The summed E-state index contributed by atoms with van der Waals surface area (Å²) < 4.78 is 14.8. The second-order valence-electron chi connectivity index (χ2n) is 6.18. The fourth-order valence-corrected chi connectivity index (χ4v) is 3.52. The van der Waals surface area contributed by atoms with Crippen molar-refractivity contribution in [1.29, 1.82) is 0 Å². The molecule has 0 atom stereocenters. The first-order chi connectivity index (χ1) is 10.2. The average molecular weight is 305 g/mol. The lowest BCUT2D eigenvalue weighted by atomic mass is 9.87. The Morgan fingerprint density at radius 3 is 2.95 bits per heavy atom. The Morgan fingerprint density at radius 2 is 2.19 bits per heavy atom. The first-order valence-electron chi connectivity index (χ1n) is 7.72. The van der Waals surface area contributed by atoms with Crippen molar-refractivity contribution < 1.29 is 4.74 Å². The number of allylic oxidation sites excluding steroid dienone is 1. The van der Waals surface area contributed by atoms with Gasteiger partial charge in [-0.3, -0.25) is 0 Å². The van der Waals surface area contributed by atoms with E-state index in [2.05, 4.69) is 33.3 Å². The minimum absolute atomic E-state index is 0.632. The molecule has 2 aliphatic rings. The number of aromatic nitrogens is 2. The van der Waals surface area contributed by atoms with Gasteiger partial charge in [0.2, 0.25) is 0 Å².